The summed E-state index contributed by atoms with van der Waals surface area (Å²) in [5.74, 6) is 1.06. The average molecular weight is 342 g/mol. The van der Waals surface area contributed by atoms with Gasteiger partial charge in [-0.2, -0.15) is 0 Å². The molecule has 0 N–H and O–H groups in total. The molecule has 5 nitrogen and oxygen atoms in total. The highest BCUT2D eigenvalue weighted by Gasteiger charge is 2.16. The zero-order chi connectivity index (χ0) is 17.3. The molecule has 0 atom stereocenters. The number of aromatic nitrogens is 4. The van der Waals surface area contributed by atoms with Gasteiger partial charge in [-0.25, -0.2) is 9.97 Å². The van der Waals surface area contributed by atoms with Gasteiger partial charge in [0.15, 0.2) is 5.16 Å². The van der Waals surface area contributed by atoms with Crippen molar-refractivity contribution in [3.63, 3.8) is 0 Å². The molecule has 0 amide bonds. The maximum absolute atomic E-state index is 12.2. The van der Waals surface area contributed by atoms with Crippen LogP contribution < -0.4 is 5.56 Å². The van der Waals surface area contributed by atoms with E-state index in [-0.39, 0.29) is 5.56 Å². The molecule has 0 aliphatic carbocycles. The molecule has 0 aliphatic rings. The molecular formula is C18H22N4OS. The number of fused-ring (bicyclic) bond motifs is 1. The highest BCUT2D eigenvalue weighted by Crippen LogP contribution is 2.28. The molecule has 0 fully saturated rings. The molecule has 0 aromatic carbocycles. The van der Waals surface area contributed by atoms with Crippen LogP contribution in [-0.2, 0) is 5.75 Å². The van der Waals surface area contributed by atoms with Gasteiger partial charge < -0.3 is 4.57 Å². The van der Waals surface area contributed by atoms with Crippen molar-refractivity contribution < 1.29 is 0 Å². The van der Waals surface area contributed by atoms with Crippen LogP contribution in [-0.4, -0.2) is 18.9 Å². The van der Waals surface area contributed by atoms with Gasteiger partial charge in [-0.15, -0.1) is 0 Å². The number of imidazole rings is 1. The molecule has 126 valence electrons. The van der Waals surface area contributed by atoms with E-state index in [0.29, 0.717) is 23.4 Å². The first-order valence-corrected chi connectivity index (χ1v) is 9.13. The van der Waals surface area contributed by atoms with E-state index >= 15 is 0 Å². The van der Waals surface area contributed by atoms with Gasteiger partial charge in [0.25, 0.3) is 5.56 Å². The van der Waals surface area contributed by atoms with E-state index in [9.17, 15) is 4.79 Å². The molecule has 3 aromatic rings. The lowest BCUT2D eigenvalue weighted by Crippen LogP contribution is -2.14. The molecular weight excluding hydrogens is 320 g/mol. The maximum atomic E-state index is 12.2. The van der Waals surface area contributed by atoms with Gasteiger partial charge in [-0.05, 0) is 31.9 Å². The molecule has 0 spiro atoms. The van der Waals surface area contributed by atoms with Crippen LogP contribution in [0.3, 0.4) is 0 Å². The third-order valence-electron chi connectivity index (χ3n) is 3.87. The number of pyridine rings is 1. The molecule has 0 saturated carbocycles. The Balaban J connectivity index is 1.88. The van der Waals surface area contributed by atoms with Crippen LogP contribution in [0.15, 0.2) is 46.6 Å². The predicted octanol–water partition coefficient (Wildman–Crippen LogP) is 3.89. The largest absolute Gasteiger partial charge is 0.320 e. The summed E-state index contributed by atoms with van der Waals surface area (Å²) in [6, 6.07) is 7.52. The summed E-state index contributed by atoms with van der Waals surface area (Å²) in [4.78, 5) is 21.3. The Kier molecular flexibility index (Phi) is 4.76. The lowest BCUT2D eigenvalue weighted by molar-refractivity contribution is 0.515. The van der Waals surface area contributed by atoms with E-state index in [4.69, 9.17) is 0 Å². The fourth-order valence-electron chi connectivity index (χ4n) is 2.72. The lowest BCUT2D eigenvalue weighted by atomic mass is 10.1. The highest BCUT2D eigenvalue weighted by atomic mass is 32.2. The Labute approximate surface area is 145 Å². The van der Waals surface area contributed by atoms with E-state index in [1.54, 1.807) is 28.4 Å². The monoisotopic (exact) mass is 342 g/mol. The van der Waals surface area contributed by atoms with E-state index in [1.165, 1.54) is 5.69 Å². The molecule has 3 rings (SSSR count). The van der Waals surface area contributed by atoms with E-state index in [2.05, 4.69) is 42.2 Å². The van der Waals surface area contributed by atoms with Crippen LogP contribution in [0.25, 0.3) is 5.65 Å². The van der Waals surface area contributed by atoms with Crippen molar-refractivity contribution >= 4 is 17.4 Å². The number of rotatable bonds is 5. The van der Waals surface area contributed by atoms with Crippen molar-refractivity contribution in [1.29, 1.82) is 0 Å². The zero-order valence-corrected chi connectivity index (χ0v) is 15.2. The van der Waals surface area contributed by atoms with E-state index in [0.717, 1.165) is 10.9 Å². The first-order valence-electron chi connectivity index (χ1n) is 8.14. The summed E-state index contributed by atoms with van der Waals surface area (Å²) in [7, 11) is 0. The van der Waals surface area contributed by atoms with Gasteiger partial charge in [0.1, 0.15) is 5.65 Å². The maximum Gasteiger partial charge on any atom is 0.258 e. The Hall–Kier alpha value is -2.08. The van der Waals surface area contributed by atoms with Crippen molar-refractivity contribution in [2.75, 3.05) is 0 Å². The van der Waals surface area contributed by atoms with Gasteiger partial charge in [0.2, 0.25) is 0 Å². The Morgan fingerprint density at radius 2 is 2.00 bits per heavy atom. The van der Waals surface area contributed by atoms with Gasteiger partial charge in [-0.3, -0.25) is 9.20 Å². The quantitative estimate of drug-likeness (QED) is 0.660. The Morgan fingerprint density at radius 3 is 2.71 bits per heavy atom. The molecule has 3 heterocycles. The number of hydrogen-bond donors (Lipinski definition) is 0. The summed E-state index contributed by atoms with van der Waals surface area (Å²) < 4.78 is 3.82. The first-order chi connectivity index (χ1) is 11.5. The van der Waals surface area contributed by atoms with Crippen molar-refractivity contribution in [2.45, 2.75) is 50.6 Å². The Morgan fingerprint density at radius 1 is 1.21 bits per heavy atom. The summed E-state index contributed by atoms with van der Waals surface area (Å²) in [5, 5.41) is 0.976. The van der Waals surface area contributed by atoms with Crippen LogP contribution in [0.4, 0.5) is 0 Å². The molecule has 0 saturated heterocycles. The third-order valence-corrected chi connectivity index (χ3v) is 4.87. The second-order valence-corrected chi connectivity index (χ2v) is 7.33. The fourth-order valence-corrected chi connectivity index (χ4v) is 3.73. The molecule has 3 aromatic heterocycles. The van der Waals surface area contributed by atoms with Crippen LogP contribution in [0, 0.1) is 0 Å². The molecule has 24 heavy (non-hydrogen) atoms. The molecule has 6 heteroatoms. The minimum absolute atomic E-state index is 0.0497. The van der Waals surface area contributed by atoms with Crippen molar-refractivity contribution in [1.82, 2.24) is 18.9 Å². The SMILES string of the molecule is CC(C)c1cnc(SCc2cc(=O)n3ccccc3n2)n1C(C)C. The van der Waals surface area contributed by atoms with Gasteiger partial charge in [-0.1, -0.05) is 31.7 Å². The lowest BCUT2D eigenvalue weighted by Gasteiger charge is -2.17. The van der Waals surface area contributed by atoms with Crippen molar-refractivity contribution in [2.24, 2.45) is 0 Å². The fraction of sp³-hybridized carbons (Fsp3) is 0.389. The molecule has 0 radical (unpaired) electrons. The average Bonchev–Trinajstić information content (AvgIpc) is 2.97. The van der Waals surface area contributed by atoms with Crippen LogP contribution in [0.5, 0.6) is 0 Å². The number of nitrogens with zero attached hydrogens (tertiary/aromatic N) is 4. The summed E-state index contributed by atoms with van der Waals surface area (Å²) >= 11 is 1.63. The summed E-state index contributed by atoms with van der Waals surface area (Å²) in [6.07, 6.45) is 3.69. The topological polar surface area (TPSA) is 52.2 Å². The van der Waals surface area contributed by atoms with E-state index < -0.39 is 0 Å². The molecule has 0 bridgehead atoms. The minimum Gasteiger partial charge on any atom is -0.320 e. The standard InChI is InChI=1S/C18H22N4OS/c1-12(2)15-10-19-18(22(15)13(3)4)24-11-14-9-17(23)21-8-6-5-7-16(21)20-14/h5-10,12-13H,11H2,1-4H3. The number of thioether (sulfide) groups is 1. The van der Waals surface area contributed by atoms with Crippen LogP contribution in [0.1, 0.15) is 51.0 Å². The van der Waals surface area contributed by atoms with Gasteiger partial charge in [0.05, 0.1) is 5.69 Å². The predicted molar refractivity (Wildman–Crippen MR) is 97.7 cm³/mol. The highest BCUT2D eigenvalue weighted by molar-refractivity contribution is 7.98. The number of hydrogen-bond acceptors (Lipinski definition) is 4. The van der Waals surface area contributed by atoms with Crippen molar-refractivity contribution in [3.05, 3.63) is 58.4 Å². The van der Waals surface area contributed by atoms with Gasteiger partial charge >= 0.3 is 0 Å². The zero-order valence-electron chi connectivity index (χ0n) is 14.4. The normalized spacial score (nSPS) is 11.8. The van der Waals surface area contributed by atoms with E-state index in [1.807, 2.05) is 24.4 Å². The third kappa shape index (κ3) is 3.24. The second kappa shape index (κ2) is 6.81. The van der Waals surface area contributed by atoms with Gasteiger partial charge in [0, 0.05) is 35.9 Å². The summed E-state index contributed by atoms with van der Waals surface area (Å²) in [5.41, 5.74) is 2.64. The molecule has 0 aliphatic heterocycles. The van der Waals surface area contributed by atoms with Crippen LogP contribution >= 0.6 is 11.8 Å². The minimum atomic E-state index is -0.0497. The first kappa shape index (κ1) is 16.8. The smallest absolute Gasteiger partial charge is 0.258 e. The Bertz CT molecular complexity index is 911. The van der Waals surface area contributed by atoms with Crippen molar-refractivity contribution in [3.8, 4) is 0 Å². The van der Waals surface area contributed by atoms with Crippen LogP contribution in [0.2, 0.25) is 0 Å². The summed E-state index contributed by atoms with van der Waals surface area (Å²) in [6.45, 7) is 8.68. The molecule has 0 unspecified atom stereocenters. The second-order valence-electron chi connectivity index (χ2n) is 6.39.